The number of nitrogens with zero attached hydrogens (tertiary/aromatic N) is 1. The Bertz CT molecular complexity index is 505. The molecule has 0 bridgehead atoms. The summed E-state index contributed by atoms with van der Waals surface area (Å²) in [5.41, 5.74) is 1.10. The first-order valence-electron chi connectivity index (χ1n) is 7.96. The Balaban J connectivity index is 0.00000264. The van der Waals surface area contributed by atoms with E-state index in [1.165, 1.54) is 6.42 Å². The molecule has 1 amide bonds. The van der Waals surface area contributed by atoms with E-state index >= 15 is 0 Å². The Morgan fingerprint density at radius 1 is 1.39 bits per heavy atom. The average Bonchev–Trinajstić information content (AvgIpc) is 2.54. The second-order valence-corrected chi connectivity index (χ2v) is 7.24. The summed E-state index contributed by atoms with van der Waals surface area (Å²) < 4.78 is 1.02. The summed E-state index contributed by atoms with van der Waals surface area (Å²) >= 11 is 9.54. The topological polar surface area (TPSA) is 32.3 Å². The zero-order chi connectivity index (χ0) is 15.9. The van der Waals surface area contributed by atoms with Gasteiger partial charge in [-0.05, 0) is 69.0 Å². The number of halogens is 3. The summed E-state index contributed by atoms with van der Waals surface area (Å²) in [4.78, 5) is 14.4. The minimum atomic E-state index is 0. The summed E-state index contributed by atoms with van der Waals surface area (Å²) in [7, 11) is 1.99. The Kier molecular flexibility index (Phi) is 9.52. The molecule has 3 nitrogen and oxygen atoms in total. The molecule has 1 aliphatic rings. The fourth-order valence-electron chi connectivity index (χ4n) is 2.95. The largest absolute Gasteiger partial charge is 0.343 e. The zero-order valence-corrected chi connectivity index (χ0v) is 16.6. The van der Waals surface area contributed by atoms with E-state index in [1.807, 2.05) is 30.1 Å². The summed E-state index contributed by atoms with van der Waals surface area (Å²) in [6, 6.07) is 5.73. The number of carbonyl (C=O) groups is 1. The van der Waals surface area contributed by atoms with E-state index < -0.39 is 0 Å². The Morgan fingerprint density at radius 2 is 2.09 bits per heavy atom. The van der Waals surface area contributed by atoms with Crippen molar-refractivity contribution in [2.24, 2.45) is 5.92 Å². The molecule has 1 saturated heterocycles. The van der Waals surface area contributed by atoms with Gasteiger partial charge in [0.05, 0.1) is 0 Å². The number of hydrogen-bond donors (Lipinski definition) is 1. The highest BCUT2D eigenvalue weighted by atomic mass is 79.9. The van der Waals surface area contributed by atoms with Crippen LogP contribution in [0.25, 0.3) is 0 Å². The molecule has 2 rings (SSSR count). The maximum Gasteiger partial charge on any atom is 0.222 e. The minimum absolute atomic E-state index is 0. The van der Waals surface area contributed by atoms with Crippen molar-refractivity contribution in [1.29, 1.82) is 0 Å². The second-order valence-electron chi connectivity index (χ2n) is 5.95. The normalized spacial score (nSPS) is 15.3. The van der Waals surface area contributed by atoms with Gasteiger partial charge in [0.2, 0.25) is 5.91 Å². The molecule has 1 heterocycles. The van der Waals surface area contributed by atoms with Gasteiger partial charge in [-0.1, -0.05) is 27.5 Å². The lowest BCUT2D eigenvalue weighted by molar-refractivity contribution is -0.132. The molecule has 0 spiro atoms. The van der Waals surface area contributed by atoms with Gasteiger partial charge in [-0.2, -0.15) is 0 Å². The van der Waals surface area contributed by atoms with Crippen LogP contribution in [-0.2, 0) is 11.2 Å². The molecule has 1 N–H and O–H groups in total. The lowest BCUT2D eigenvalue weighted by Crippen LogP contribution is -2.39. The number of carbonyl (C=O) groups excluding carboxylic acids is 1. The Labute approximate surface area is 158 Å². The third-order valence-corrected chi connectivity index (χ3v) is 5.39. The number of aryl methyl sites for hydroxylation is 1. The van der Waals surface area contributed by atoms with Crippen LogP contribution in [0.15, 0.2) is 22.7 Å². The predicted octanol–water partition coefficient (Wildman–Crippen LogP) is 4.31. The molecule has 1 aromatic carbocycles. The van der Waals surface area contributed by atoms with Crippen LogP contribution in [0.5, 0.6) is 0 Å². The van der Waals surface area contributed by atoms with Crippen LogP contribution < -0.4 is 5.32 Å². The summed E-state index contributed by atoms with van der Waals surface area (Å²) in [6.07, 6.45) is 4.77. The zero-order valence-electron chi connectivity index (χ0n) is 13.5. The lowest BCUT2D eigenvalue weighted by Gasteiger charge is -2.32. The number of likely N-dealkylation sites (tertiary alicyclic amines) is 1. The van der Waals surface area contributed by atoms with E-state index in [-0.39, 0.29) is 18.3 Å². The molecule has 6 heteroatoms. The molecule has 0 unspecified atom stereocenters. The maximum atomic E-state index is 12.4. The number of rotatable bonds is 6. The molecule has 0 aromatic heterocycles. The van der Waals surface area contributed by atoms with Crippen molar-refractivity contribution in [3.05, 3.63) is 33.3 Å². The fraction of sp³-hybridized carbons (Fsp3) is 0.588. The highest BCUT2D eigenvalue weighted by molar-refractivity contribution is 9.10. The van der Waals surface area contributed by atoms with Crippen molar-refractivity contribution in [2.45, 2.75) is 32.1 Å². The van der Waals surface area contributed by atoms with Gasteiger partial charge >= 0.3 is 0 Å². The lowest BCUT2D eigenvalue weighted by atomic mass is 9.93. The third-order valence-electron chi connectivity index (χ3n) is 4.39. The van der Waals surface area contributed by atoms with E-state index in [1.54, 1.807) is 0 Å². The summed E-state index contributed by atoms with van der Waals surface area (Å²) in [5.74, 6) is 1.03. The average molecular weight is 424 g/mol. The first-order valence-corrected chi connectivity index (χ1v) is 9.13. The molecule has 1 aromatic rings. The summed E-state index contributed by atoms with van der Waals surface area (Å²) in [6.45, 7) is 2.88. The van der Waals surface area contributed by atoms with E-state index in [4.69, 9.17) is 11.6 Å². The van der Waals surface area contributed by atoms with Crippen LogP contribution in [0.1, 0.15) is 31.2 Å². The first-order chi connectivity index (χ1) is 10.6. The van der Waals surface area contributed by atoms with Crippen molar-refractivity contribution in [2.75, 3.05) is 26.7 Å². The van der Waals surface area contributed by atoms with E-state index in [0.29, 0.717) is 6.42 Å². The van der Waals surface area contributed by atoms with Crippen molar-refractivity contribution < 1.29 is 4.79 Å². The fourth-order valence-corrected chi connectivity index (χ4v) is 3.59. The van der Waals surface area contributed by atoms with Gasteiger partial charge in [0.15, 0.2) is 0 Å². The first kappa shape index (κ1) is 20.8. The van der Waals surface area contributed by atoms with Crippen LogP contribution in [0, 0.1) is 5.92 Å². The number of nitrogens with one attached hydrogen (secondary N) is 1. The highest BCUT2D eigenvalue weighted by Crippen LogP contribution is 2.24. The van der Waals surface area contributed by atoms with Gasteiger partial charge in [-0.3, -0.25) is 4.79 Å². The highest BCUT2D eigenvalue weighted by Gasteiger charge is 2.22. The van der Waals surface area contributed by atoms with E-state index in [0.717, 1.165) is 59.9 Å². The third kappa shape index (κ3) is 6.61. The molecule has 1 fully saturated rings. The standard InChI is InChI=1S/C17H24BrClN2O.ClH/c1-20-9-6-13-7-10-21(11-8-13)17(22)5-2-14-12-15(19)3-4-16(14)18;/h3-4,12-13,20H,2,5-11H2,1H3;1H. The van der Waals surface area contributed by atoms with Gasteiger partial charge < -0.3 is 10.2 Å². The number of piperidine rings is 1. The van der Waals surface area contributed by atoms with Gasteiger partial charge in [0.25, 0.3) is 0 Å². The van der Waals surface area contributed by atoms with E-state index in [9.17, 15) is 4.79 Å². The number of amides is 1. The molecule has 0 aliphatic carbocycles. The Hall–Kier alpha value is -0.290. The van der Waals surface area contributed by atoms with Gasteiger partial charge in [0, 0.05) is 29.0 Å². The molecular weight excluding hydrogens is 399 g/mol. The predicted molar refractivity (Wildman–Crippen MR) is 103 cm³/mol. The monoisotopic (exact) mass is 422 g/mol. The molecule has 0 saturated carbocycles. The minimum Gasteiger partial charge on any atom is -0.343 e. The molecule has 1 aliphatic heterocycles. The molecule has 130 valence electrons. The molecule has 23 heavy (non-hydrogen) atoms. The second kappa shape index (κ2) is 10.5. The molecule has 0 radical (unpaired) electrons. The van der Waals surface area contributed by atoms with Crippen LogP contribution in [0.2, 0.25) is 5.02 Å². The van der Waals surface area contributed by atoms with Crippen molar-refractivity contribution >= 4 is 45.8 Å². The van der Waals surface area contributed by atoms with Gasteiger partial charge in [-0.25, -0.2) is 0 Å². The van der Waals surface area contributed by atoms with E-state index in [2.05, 4.69) is 21.2 Å². The van der Waals surface area contributed by atoms with Crippen LogP contribution >= 0.6 is 39.9 Å². The Morgan fingerprint density at radius 3 is 2.74 bits per heavy atom. The molecule has 0 atom stereocenters. The molecular formula is C17H25BrCl2N2O. The van der Waals surface area contributed by atoms with Gasteiger partial charge in [-0.15, -0.1) is 12.4 Å². The van der Waals surface area contributed by atoms with Crippen LogP contribution in [0.4, 0.5) is 0 Å². The van der Waals surface area contributed by atoms with Crippen molar-refractivity contribution in [1.82, 2.24) is 10.2 Å². The van der Waals surface area contributed by atoms with Crippen LogP contribution in [-0.4, -0.2) is 37.5 Å². The number of hydrogen-bond acceptors (Lipinski definition) is 2. The quantitative estimate of drug-likeness (QED) is 0.739. The van der Waals surface area contributed by atoms with Crippen LogP contribution in [0.3, 0.4) is 0 Å². The number of benzene rings is 1. The van der Waals surface area contributed by atoms with Gasteiger partial charge in [0.1, 0.15) is 0 Å². The smallest absolute Gasteiger partial charge is 0.222 e. The van der Waals surface area contributed by atoms with Crippen molar-refractivity contribution in [3.8, 4) is 0 Å². The SMILES string of the molecule is CNCCC1CCN(C(=O)CCc2cc(Cl)ccc2Br)CC1.Cl. The summed E-state index contributed by atoms with van der Waals surface area (Å²) in [5, 5.41) is 3.92. The van der Waals surface area contributed by atoms with Crippen molar-refractivity contribution in [3.63, 3.8) is 0 Å². The maximum absolute atomic E-state index is 12.4.